The summed E-state index contributed by atoms with van der Waals surface area (Å²) in [5.74, 6) is 0.728. The zero-order valence-corrected chi connectivity index (χ0v) is 11.8. The summed E-state index contributed by atoms with van der Waals surface area (Å²) in [6, 6.07) is 5.38. The molecule has 4 nitrogen and oxygen atoms in total. The predicted molar refractivity (Wildman–Crippen MR) is 75.5 cm³/mol. The number of methoxy groups -OCH3 is 1. The maximum atomic E-state index is 12.0. The maximum absolute atomic E-state index is 12.0. The standard InChI is InChI=1S/C14H19ClN2O2/c1-19-13-7-4-5-11(15)10(13)9-17-14(18)12-6-2-3-8-16-12/h4-5,7,12,16H,2-3,6,8-9H2,1H3,(H,17,18). The van der Waals surface area contributed by atoms with E-state index in [2.05, 4.69) is 10.6 Å². The van der Waals surface area contributed by atoms with Gasteiger partial charge in [0.05, 0.1) is 13.2 Å². The molecule has 2 rings (SSSR count). The molecule has 1 atom stereocenters. The first-order valence-corrected chi connectivity index (χ1v) is 6.92. The number of hydrogen-bond donors (Lipinski definition) is 2. The van der Waals surface area contributed by atoms with E-state index >= 15 is 0 Å². The normalized spacial score (nSPS) is 18.9. The van der Waals surface area contributed by atoms with Crippen LogP contribution in [0.2, 0.25) is 5.02 Å². The van der Waals surface area contributed by atoms with Gasteiger partial charge >= 0.3 is 0 Å². The van der Waals surface area contributed by atoms with E-state index in [4.69, 9.17) is 16.3 Å². The number of carbonyl (C=O) groups excluding carboxylic acids is 1. The first kappa shape index (κ1) is 14.2. The fourth-order valence-corrected chi connectivity index (χ4v) is 2.51. The molecule has 2 N–H and O–H groups in total. The number of carbonyl (C=O) groups is 1. The number of halogens is 1. The lowest BCUT2D eigenvalue weighted by Gasteiger charge is -2.22. The van der Waals surface area contributed by atoms with Crippen molar-refractivity contribution in [2.45, 2.75) is 31.8 Å². The summed E-state index contributed by atoms with van der Waals surface area (Å²) in [5, 5.41) is 6.75. The van der Waals surface area contributed by atoms with E-state index < -0.39 is 0 Å². The van der Waals surface area contributed by atoms with Gasteiger partial charge in [-0.05, 0) is 31.5 Å². The van der Waals surface area contributed by atoms with Crippen molar-refractivity contribution >= 4 is 17.5 Å². The molecule has 0 spiro atoms. The molecule has 1 aliphatic rings. The second-order valence-electron chi connectivity index (χ2n) is 4.64. The number of hydrogen-bond acceptors (Lipinski definition) is 3. The summed E-state index contributed by atoms with van der Waals surface area (Å²) in [6.45, 7) is 1.30. The van der Waals surface area contributed by atoms with Crippen molar-refractivity contribution in [3.05, 3.63) is 28.8 Å². The van der Waals surface area contributed by atoms with Crippen LogP contribution in [0.4, 0.5) is 0 Å². The van der Waals surface area contributed by atoms with Gasteiger partial charge in [0.15, 0.2) is 0 Å². The van der Waals surface area contributed by atoms with E-state index in [-0.39, 0.29) is 11.9 Å². The van der Waals surface area contributed by atoms with E-state index in [1.54, 1.807) is 13.2 Å². The Labute approximate surface area is 118 Å². The first-order chi connectivity index (χ1) is 9.22. The van der Waals surface area contributed by atoms with E-state index in [0.717, 1.165) is 31.4 Å². The fraction of sp³-hybridized carbons (Fsp3) is 0.500. The van der Waals surface area contributed by atoms with Crippen molar-refractivity contribution in [3.8, 4) is 5.75 Å². The van der Waals surface area contributed by atoms with Crippen LogP contribution in [0.5, 0.6) is 5.75 Å². The third-order valence-electron chi connectivity index (χ3n) is 3.36. The molecule has 5 heteroatoms. The molecule has 104 valence electrons. The Balaban J connectivity index is 1.96. The molecule has 1 aromatic rings. The topological polar surface area (TPSA) is 50.4 Å². The highest BCUT2D eigenvalue weighted by Crippen LogP contribution is 2.25. The van der Waals surface area contributed by atoms with E-state index in [9.17, 15) is 4.79 Å². The number of ether oxygens (including phenoxy) is 1. The summed E-state index contributed by atoms with van der Waals surface area (Å²) in [7, 11) is 1.60. The highest BCUT2D eigenvalue weighted by atomic mass is 35.5. The van der Waals surface area contributed by atoms with Crippen LogP contribution in [0.3, 0.4) is 0 Å². The van der Waals surface area contributed by atoms with Crippen molar-refractivity contribution < 1.29 is 9.53 Å². The van der Waals surface area contributed by atoms with Crippen LogP contribution in [-0.4, -0.2) is 25.6 Å². The molecule has 1 aliphatic heterocycles. The Kier molecular flexibility index (Phi) is 5.05. The van der Waals surface area contributed by atoms with Crippen LogP contribution >= 0.6 is 11.6 Å². The van der Waals surface area contributed by atoms with Crippen LogP contribution < -0.4 is 15.4 Å². The highest BCUT2D eigenvalue weighted by molar-refractivity contribution is 6.31. The molecule has 0 bridgehead atoms. The van der Waals surface area contributed by atoms with Crippen LogP contribution in [0.15, 0.2) is 18.2 Å². The third-order valence-corrected chi connectivity index (χ3v) is 3.72. The summed E-state index contributed by atoms with van der Waals surface area (Å²) >= 11 is 6.13. The van der Waals surface area contributed by atoms with Crippen molar-refractivity contribution in [1.82, 2.24) is 10.6 Å². The number of rotatable bonds is 4. The van der Waals surface area contributed by atoms with Gasteiger partial charge in [0.2, 0.25) is 5.91 Å². The molecule has 1 unspecified atom stereocenters. The third kappa shape index (κ3) is 3.61. The fourth-order valence-electron chi connectivity index (χ4n) is 2.28. The van der Waals surface area contributed by atoms with Crippen molar-refractivity contribution in [2.24, 2.45) is 0 Å². The van der Waals surface area contributed by atoms with Gasteiger partial charge in [0.25, 0.3) is 0 Å². The minimum Gasteiger partial charge on any atom is -0.496 e. The molecule has 0 aliphatic carbocycles. The number of nitrogens with one attached hydrogen (secondary N) is 2. The predicted octanol–water partition coefficient (Wildman–Crippen LogP) is 2.11. The van der Waals surface area contributed by atoms with Gasteiger partial charge in [-0.15, -0.1) is 0 Å². The zero-order chi connectivity index (χ0) is 13.7. The Morgan fingerprint density at radius 1 is 1.53 bits per heavy atom. The molecule has 1 aromatic carbocycles. The van der Waals surface area contributed by atoms with E-state index in [1.807, 2.05) is 12.1 Å². The molecule has 1 amide bonds. The van der Waals surface area contributed by atoms with Crippen LogP contribution in [0.1, 0.15) is 24.8 Å². The Bertz CT molecular complexity index is 445. The molecule has 0 aromatic heterocycles. The van der Waals surface area contributed by atoms with Gasteiger partial charge < -0.3 is 15.4 Å². The van der Waals surface area contributed by atoms with Gasteiger partial charge in [-0.3, -0.25) is 4.79 Å². The van der Waals surface area contributed by atoms with E-state index in [1.165, 1.54) is 0 Å². The van der Waals surface area contributed by atoms with Gasteiger partial charge in [-0.2, -0.15) is 0 Å². The molecule has 1 heterocycles. The van der Waals surface area contributed by atoms with Gasteiger partial charge in [-0.25, -0.2) is 0 Å². The average Bonchev–Trinajstić information content (AvgIpc) is 2.46. The molecule has 0 radical (unpaired) electrons. The van der Waals surface area contributed by atoms with Crippen LogP contribution in [0.25, 0.3) is 0 Å². The summed E-state index contributed by atoms with van der Waals surface area (Å²) in [4.78, 5) is 12.0. The zero-order valence-electron chi connectivity index (χ0n) is 11.0. The molecule has 1 saturated heterocycles. The van der Waals surface area contributed by atoms with Gasteiger partial charge in [0, 0.05) is 17.1 Å². The molecule has 0 saturated carbocycles. The van der Waals surface area contributed by atoms with Gasteiger partial charge in [0.1, 0.15) is 5.75 Å². The largest absolute Gasteiger partial charge is 0.496 e. The lowest BCUT2D eigenvalue weighted by molar-refractivity contribution is -0.123. The lowest BCUT2D eigenvalue weighted by Crippen LogP contribution is -2.46. The minimum atomic E-state index is -0.0813. The first-order valence-electron chi connectivity index (χ1n) is 6.55. The molecular formula is C14H19ClN2O2. The maximum Gasteiger partial charge on any atom is 0.237 e. The molecule has 1 fully saturated rings. The summed E-state index contributed by atoms with van der Waals surface area (Å²) in [6.07, 6.45) is 3.13. The molecular weight excluding hydrogens is 264 g/mol. The van der Waals surface area contributed by atoms with Crippen LogP contribution in [-0.2, 0) is 11.3 Å². The van der Waals surface area contributed by atoms with E-state index in [0.29, 0.717) is 17.3 Å². The quantitative estimate of drug-likeness (QED) is 0.889. The lowest BCUT2D eigenvalue weighted by atomic mass is 10.0. The second-order valence-corrected chi connectivity index (χ2v) is 5.05. The average molecular weight is 283 g/mol. The van der Waals surface area contributed by atoms with Gasteiger partial charge in [-0.1, -0.05) is 24.1 Å². The number of amides is 1. The Morgan fingerprint density at radius 3 is 3.05 bits per heavy atom. The van der Waals surface area contributed by atoms with Crippen molar-refractivity contribution in [3.63, 3.8) is 0 Å². The number of piperidine rings is 1. The van der Waals surface area contributed by atoms with Crippen molar-refractivity contribution in [2.75, 3.05) is 13.7 Å². The van der Waals surface area contributed by atoms with Crippen molar-refractivity contribution in [1.29, 1.82) is 0 Å². The minimum absolute atomic E-state index is 0.0293. The van der Waals surface area contributed by atoms with Crippen LogP contribution in [0, 0.1) is 0 Å². The molecule has 19 heavy (non-hydrogen) atoms. The monoisotopic (exact) mass is 282 g/mol. The number of benzene rings is 1. The summed E-state index contributed by atoms with van der Waals surface area (Å²) in [5.41, 5.74) is 0.816. The smallest absolute Gasteiger partial charge is 0.237 e. The SMILES string of the molecule is COc1cccc(Cl)c1CNC(=O)C1CCCCN1. The summed E-state index contributed by atoms with van der Waals surface area (Å²) < 4.78 is 5.25. The highest BCUT2D eigenvalue weighted by Gasteiger charge is 2.20. The Morgan fingerprint density at radius 2 is 2.37 bits per heavy atom. The Hall–Kier alpha value is -1.26. The second kappa shape index (κ2) is 6.78.